The van der Waals surface area contributed by atoms with E-state index in [1.165, 1.54) is 12.8 Å². The molecular weight excluding hydrogens is 344 g/mol. The maximum atomic E-state index is 12.6. The van der Waals surface area contributed by atoms with Crippen molar-refractivity contribution in [3.63, 3.8) is 0 Å². The van der Waals surface area contributed by atoms with Crippen LogP contribution in [-0.2, 0) is 16.0 Å². The first-order valence-electron chi connectivity index (χ1n) is 10.1. The number of carbonyl (C=O) groups is 1. The molecule has 0 aromatic carbocycles. The number of carbonyl (C=O) groups excluding carboxylic acids is 1. The number of nitrogens with one attached hydrogen (secondary N) is 2. The summed E-state index contributed by atoms with van der Waals surface area (Å²) in [5.41, 5.74) is 0. The van der Waals surface area contributed by atoms with Gasteiger partial charge in [-0.1, -0.05) is 12.8 Å². The number of aliphatic imine (C=N–C) groups is 1. The van der Waals surface area contributed by atoms with E-state index in [1.54, 1.807) is 13.4 Å². The van der Waals surface area contributed by atoms with E-state index < -0.39 is 0 Å². The van der Waals surface area contributed by atoms with Gasteiger partial charge in [0.05, 0.1) is 19.4 Å². The summed E-state index contributed by atoms with van der Waals surface area (Å²) in [6, 6.07) is 4.11. The van der Waals surface area contributed by atoms with Crippen molar-refractivity contribution in [2.75, 3.05) is 39.9 Å². The Labute approximate surface area is 161 Å². The molecule has 2 fully saturated rings. The molecule has 7 heteroatoms. The molecule has 1 aromatic rings. The van der Waals surface area contributed by atoms with Crippen molar-refractivity contribution < 1.29 is 13.9 Å². The number of rotatable bonds is 8. The Morgan fingerprint density at radius 2 is 2.22 bits per heavy atom. The van der Waals surface area contributed by atoms with Crippen molar-refractivity contribution in [2.45, 2.75) is 44.6 Å². The van der Waals surface area contributed by atoms with E-state index >= 15 is 0 Å². The van der Waals surface area contributed by atoms with E-state index in [0.29, 0.717) is 19.1 Å². The normalized spacial score (nSPS) is 21.0. The quantitative estimate of drug-likeness (QED) is 0.411. The molecule has 1 unspecified atom stereocenters. The fourth-order valence-electron chi connectivity index (χ4n) is 3.86. The summed E-state index contributed by atoms with van der Waals surface area (Å²) >= 11 is 0. The predicted molar refractivity (Wildman–Crippen MR) is 105 cm³/mol. The van der Waals surface area contributed by atoms with Crippen LogP contribution in [0.5, 0.6) is 0 Å². The van der Waals surface area contributed by atoms with Gasteiger partial charge in [0.2, 0.25) is 5.91 Å². The summed E-state index contributed by atoms with van der Waals surface area (Å²) in [5, 5.41) is 6.85. The number of furan rings is 1. The second-order valence-electron chi connectivity index (χ2n) is 7.37. The highest BCUT2D eigenvalue weighted by Gasteiger charge is 2.32. The van der Waals surface area contributed by atoms with Gasteiger partial charge in [0.1, 0.15) is 5.76 Å². The molecule has 27 heavy (non-hydrogen) atoms. The van der Waals surface area contributed by atoms with Crippen LogP contribution in [0.2, 0.25) is 0 Å². The van der Waals surface area contributed by atoms with Crippen molar-refractivity contribution in [1.29, 1.82) is 0 Å². The zero-order valence-electron chi connectivity index (χ0n) is 16.3. The van der Waals surface area contributed by atoms with Gasteiger partial charge < -0.3 is 24.7 Å². The van der Waals surface area contributed by atoms with Crippen LogP contribution >= 0.6 is 0 Å². The predicted octanol–water partition coefficient (Wildman–Crippen LogP) is 1.79. The molecule has 2 N–H and O–H groups in total. The van der Waals surface area contributed by atoms with Crippen LogP contribution in [0.25, 0.3) is 0 Å². The number of hydrogen-bond acceptors (Lipinski definition) is 4. The number of methoxy groups -OCH3 is 1. The van der Waals surface area contributed by atoms with E-state index in [2.05, 4.69) is 15.6 Å². The number of ether oxygens (including phenoxy) is 1. The maximum Gasteiger partial charge on any atom is 0.225 e. The monoisotopic (exact) mass is 376 g/mol. The molecule has 1 amide bonds. The zero-order valence-corrected chi connectivity index (χ0v) is 16.3. The van der Waals surface area contributed by atoms with E-state index in [1.807, 2.05) is 17.0 Å². The first-order chi connectivity index (χ1) is 13.3. The topological polar surface area (TPSA) is 79.1 Å². The smallest absolute Gasteiger partial charge is 0.225 e. The summed E-state index contributed by atoms with van der Waals surface area (Å²) in [6.07, 6.45) is 7.97. The average molecular weight is 377 g/mol. The molecule has 150 valence electrons. The second-order valence-corrected chi connectivity index (χ2v) is 7.37. The van der Waals surface area contributed by atoms with Crippen LogP contribution in [0.4, 0.5) is 0 Å². The molecule has 1 aliphatic carbocycles. The molecule has 2 heterocycles. The molecule has 1 saturated heterocycles. The third-order valence-corrected chi connectivity index (χ3v) is 5.35. The third-order valence-electron chi connectivity index (χ3n) is 5.35. The standard InChI is InChI=1S/C20H32N4O3/c1-26-14-11-22-20(21-10-8-18-7-4-13-27-18)23-17-9-12-24(15-17)19(25)16-5-2-3-6-16/h4,7,13,16-17H,2-3,5-6,8-12,14-15H2,1H3,(H2,21,22,23). The Kier molecular flexibility index (Phi) is 7.56. The van der Waals surface area contributed by atoms with Crippen LogP contribution in [0.1, 0.15) is 37.9 Å². The largest absolute Gasteiger partial charge is 0.469 e. The van der Waals surface area contributed by atoms with Crippen molar-refractivity contribution in [2.24, 2.45) is 10.9 Å². The Morgan fingerprint density at radius 3 is 2.96 bits per heavy atom. The van der Waals surface area contributed by atoms with Crippen LogP contribution < -0.4 is 10.6 Å². The van der Waals surface area contributed by atoms with Crippen LogP contribution in [0, 0.1) is 5.92 Å². The summed E-state index contributed by atoms with van der Waals surface area (Å²) < 4.78 is 10.5. The van der Waals surface area contributed by atoms with Crippen LogP contribution in [-0.4, -0.2) is 62.7 Å². The van der Waals surface area contributed by atoms with Crippen molar-refractivity contribution >= 4 is 11.9 Å². The van der Waals surface area contributed by atoms with Gasteiger partial charge >= 0.3 is 0 Å². The molecule has 3 rings (SSSR count). The highest BCUT2D eigenvalue weighted by molar-refractivity contribution is 5.81. The van der Waals surface area contributed by atoms with Gasteiger partial charge in [0.25, 0.3) is 0 Å². The average Bonchev–Trinajstić information content (AvgIpc) is 3.43. The lowest BCUT2D eigenvalue weighted by Gasteiger charge is -2.21. The Balaban J connectivity index is 1.47. The van der Waals surface area contributed by atoms with Crippen LogP contribution in [0.3, 0.4) is 0 Å². The third kappa shape index (κ3) is 5.99. The van der Waals surface area contributed by atoms with Gasteiger partial charge in [0, 0.05) is 45.1 Å². The van der Waals surface area contributed by atoms with Gasteiger partial charge in [-0.3, -0.25) is 9.79 Å². The van der Waals surface area contributed by atoms with E-state index in [9.17, 15) is 4.79 Å². The lowest BCUT2D eigenvalue weighted by atomic mass is 10.1. The van der Waals surface area contributed by atoms with Crippen molar-refractivity contribution in [1.82, 2.24) is 15.5 Å². The molecule has 0 bridgehead atoms. The van der Waals surface area contributed by atoms with Crippen molar-refractivity contribution in [3.05, 3.63) is 24.2 Å². The molecule has 1 aromatic heterocycles. The van der Waals surface area contributed by atoms with Gasteiger partial charge in [-0.15, -0.1) is 0 Å². The number of hydrogen-bond donors (Lipinski definition) is 2. The molecule has 1 atom stereocenters. The SMILES string of the molecule is COCCN=C(NCCc1ccco1)NC1CCN(C(=O)C2CCCC2)C1. The highest BCUT2D eigenvalue weighted by atomic mass is 16.5. The summed E-state index contributed by atoms with van der Waals surface area (Å²) in [6.45, 7) is 3.53. The lowest BCUT2D eigenvalue weighted by molar-refractivity contribution is -0.134. The van der Waals surface area contributed by atoms with Gasteiger partial charge in [-0.25, -0.2) is 0 Å². The molecule has 1 saturated carbocycles. The minimum absolute atomic E-state index is 0.243. The maximum absolute atomic E-state index is 12.6. The molecular formula is C20H32N4O3. The molecule has 0 radical (unpaired) electrons. The zero-order chi connectivity index (χ0) is 18.9. The summed E-state index contributed by atoms with van der Waals surface area (Å²) in [4.78, 5) is 19.2. The number of nitrogens with zero attached hydrogens (tertiary/aromatic N) is 2. The first-order valence-corrected chi connectivity index (χ1v) is 10.1. The molecule has 7 nitrogen and oxygen atoms in total. The Morgan fingerprint density at radius 1 is 1.37 bits per heavy atom. The summed E-state index contributed by atoms with van der Waals surface area (Å²) in [7, 11) is 1.68. The number of amides is 1. The fourth-order valence-corrected chi connectivity index (χ4v) is 3.86. The van der Waals surface area contributed by atoms with Crippen LogP contribution in [0.15, 0.2) is 27.8 Å². The summed E-state index contributed by atoms with van der Waals surface area (Å²) in [5.74, 6) is 2.33. The van der Waals surface area contributed by atoms with Crippen molar-refractivity contribution in [3.8, 4) is 0 Å². The fraction of sp³-hybridized carbons (Fsp3) is 0.700. The second kappa shape index (κ2) is 10.3. The number of guanidine groups is 1. The molecule has 1 aliphatic heterocycles. The van der Waals surface area contributed by atoms with Gasteiger partial charge in [-0.2, -0.15) is 0 Å². The van der Waals surface area contributed by atoms with E-state index in [4.69, 9.17) is 9.15 Å². The van der Waals surface area contributed by atoms with E-state index in [0.717, 1.165) is 57.0 Å². The minimum Gasteiger partial charge on any atom is -0.469 e. The lowest BCUT2D eigenvalue weighted by Crippen LogP contribution is -2.46. The Hall–Kier alpha value is -2.02. The molecule has 2 aliphatic rings. The molecule has 0 spiro atoms. The van der Waals surface area contributed by atoms with E-state index in [-0.39, 0.29) is 12.0 Å². The van der Waals surface area contributed by atoms with Gasteiger partial charge in [0.15, 0.2) is 5.96 Å². The number of likely N-dealkylation sites (tertiary alicyclic amines) is 1. The minimum atomic E-state index is 0.243. The Bertz CT molecular complexity index is 596. The highest BCUT2D eigenvalue weighted by Crippen LogP contribution is 2.27. The first kappa shape index (κ1) is 19.7. The van der Waals surface area contributed by atoms with Gasteiger partial charge in [-0.05, 0) is 31.4 Å².